The molecule has 0 aromatic heterocycles. The van der Waals surface area contributed by atoms with Crippen LogP contribution in [0.4, 0.5) is 0 Å². The van der Waals surface area contributed by atoms with E-state index in [-0.39, 0.29) is 23.9 Å². The fraction of sp³-hybridized carbons (Fsp3) is 0.500. The van der Waals surface area contributed by atoms with Gasteiger partial charge >= 0.3 is 5.97 Å². The molecule has 0 saturated carbocycles. The van der Waals surface area contributed by atoms with E-state index >= 15 is 0 Å². The minimum atomic E-state index is -3.68. The Labute approximate surface area is 120 Å². The molecule has 5 nitrogen and oxygen atoms in total. The first-order chi connectivity index (χ1) is 9.16. The Bertz CT molecular complexity index is 593. The molecule has 0 amide bonds. The minimum absolute atomic E-state index is 0.0251. The summed E-state index contributed by atoms with van der Waals surface area (Å²) in [4.78, 5) is 10.9. The van der Waals surface area contributed by atoms with Gasteiger partial charge in [0.2, 0.25) is 10.0 Å². The molecule has 0 bridgehead atoms. The highest BCUT2D eigenvalue weighted by Gasteiger charge is 2.28. The van der Waals surface area contributed by atoms with Crippen molar-refractivity contribution in [2.24, 2.45) is 0 Å². The fourth-order valence-electron chi connectivity index (χ4n) is 1.97. The summed E-state index contributed by atoms with van der Waals surface area (Å²) in [5.41, 5.74) is 1.52. The van der Waals surface area contributed by atoms with E-state index in [1.54, 1.807) is 32.9 Å². The molecule has 0 saturated heterocycles. The van der Waals surface area contributed by atoms with Crippen molar-refractivity contribution >= 4 is 16.0 Å². The van der Waals surface area contributed by atoms with Crippen molar-refractivity contribution < 1.29 is 18.3 Å². The number of carbonyl (C=O) groups is 1. The van der Waals surface area contributed by atoms with Crippen LogP contribution in [0.3, 0.4) is 0 Å². The van der Waals surface area contributed by atoms with E-state index in [1.807, 2.05) is 13.0 Å². The number of aryl methyl sites for hydroxylation is 2. The van der Waals surface area contributed by atoms with Crippen LogP contribution < -0.4 is 0 Å². The third-order valence-electron chi connectivity index (χ3n) is 3.05. The highest BCUT2D eigenvalue weighted by atomic mass is 32.2. The highest BCUT2D eigenvalue weighted by molar-refractivity contribution is 7.89. The Balaban J connectivity index is 3.22. The van der Waals surface area contributed by atoms with Crippen LogP contribution in [0.5, 0.6) is 0 Å². The van der Waals surface area contributed by atoms with Crippen molar-refractivity contribution in [1.82, 2.24) is 4.31 Å². The minimum Gasteiger partial charge on any atom is -0.481 e. The fourth-order valence-corrected chi connectivity index (χ4v) is 3.92. The number of hydrogen-bond acceptors (Lipinski definition) is 3. The molecule has 0 radical (unpaired) electrons. The zero-order valence-corrected chi connectivity index (χ0v) is 13.1. The molecule has 1 aromatic carbocycles. The third kappa shape index (κ3) is 3.80. The predicted octanol–water partition coefficient (Wildman–Crippen LogP) is 2.18. The number of aliphatic carboxylic acids is 1. The van der Waals surface area contributed by atoms with Gasteiger partial charge < -0.3 is 5.11 Å². The lowest BCUT2D eigenvalue weighted by Gasteiger charge is -2.26. The smallest absolute Gasteiger partial charge is 0.304 e. The SMILES string of the molecule is Cc1ccc(C)c(S(=O)(=O)N(CCC(=O)O)C(C)C)c1. The number of carboxylic acid groups (broad SMARTS) is 1. The van der Waals surface area contributed by atoms with E-state index in [0.29, 0.717) is 5.56 Å². The summed E-state index contributed by atoms with van der Waals surface area (Å²) in [5, 5.41) is 8.76. The van der Waals surface area contributed by atoms with Gasteiger partial charge in [-0.25, -0.2) is 8.42 Å². The number of benzene rings is 1. The maximum Gasteiger partial charge on any atom is 0.304 e. The first-order valence-electron chi connectivity index (χ1n) is 6.47. The highest BCUT2D eigenvalue weighted by Crippen LogP contribution is 2.23. The van der Waals surface area contributed by atoms with Crippen molar-refractivity contribution in [1.29, 1.82) is 0 Å². The Hall–Kier alpha value is -1.40. The Kier molecular flexibility index (Phi) is 5.30. The van der Waals surface area contributed by atoms with Crippen molar-refractivity contribution in [2.75, 3.05) is 6.54 Å². The quantitative estimate of drug-likeness (QED) is 0.873. The second-order valence-corrected chi connectivity index (χ2v) is 6.98. The molecule has 0 heterocycles. The number of rotatable bonds is 6. The summed E-state index contributed by atoms with van der Waals surface area (Å²) >= 11 is 0. The van der Waals surface area contributed by atoms with E-state index in [4.69, 9.17) is 5.11 Å². The van der Waals surface area contributed by atoms with E-state index in [2.05, 4.69) is 0 Å². The third-order valence-corrected chi connectivity index (χ3v) is 5.27. The lowest BCUT2D eigenvalue weighted by Crippen LogP contribution is -2.38. The summed E-state index contributed by atoms with van der Waals surface area (Å²) in [7, 11) is -3.68. The van der Waals surface area contributed by atoms with Gasteiger partial charge in [-0.1, -0.05) is 12.1 Å². The van der Waals surface area contributed by atoms with Crippen LogP contribution in [0.15, 0.2) is 23.1 Å². The summed E-state index contributed by atoms with van der Waals surface area (Å²) < 4.78 is 26.6. The van der Waals surface area contributed by atoms with Crippen LogP contribution in [-0.2, 0) is 14.8 Å². The van der Waals surface area contributed by atoms with Crippen LogP contribution in [0.25, 0.3) is 0 Å². The molecular weight excluding hydrogens is 278 g/mol. The largest absolute Gasteiger partial charge is 0.481 e. The van der Waals surface area contributed by atoms with Gasteiger partial charge in [-0.15, -0.1) is 0 Å². The van der Waals surface area contributed by atoms with Gasteiger partial charge in [0.25, 0.3) is 0 Å². The molecule has 1 N–H and O–H groups in total. The maximum absolute atomic E-state index is 12.7. The molecule has 112 valence electrons. The zero-order chi connectivity index (χ0) is 15.5. The van der Waals surface area contributed by atoms with E-state index in [1.165, 1.54) is 4.31 Å². The molecule has 1 aromatic rings. The van der Waals surface area contributed by atoms with Crippen LogP contribution in [0.1, 0.15) is 31.4 Å². The number of sulfonamides is 1. The van der Waals surface area contributed by atoms with Gasteiger partial charge in [-0.05, 0) is 44.9 Å². The van der Waals surface area contributed by atoms with Crippen LogP contribution in [-0.4, -0.2) is 36.4 Å². The Morgan fingerprint density at radius 1 is 1.30 bits per heavy atom. The molecule has 1 rings (SSSR count). The van der Waals surface area contributed by atoms with E-state index < -0.39 is 16.0 Å². The lowest BCUT2D eigenvalue weighted by molar-refractivity contribution is -0.137. The molecule has 0 unspecified atom stereocenters. The molecule has 0 aliphatic rings. The molecule has 0 aliphatic carbocycles. The first kappa shape index (κ1) is 16.7. The molecule has 20 heavy (non-hydrogen) atoms. The summed E-state index contributed by atoms with van der Waals surface area (Å²) in [6.07, 6.45) is -0.206. The lowest BCUT2D eigenvalue weighted by atomic mass is 10.2. The van der Waals surface area contributed by atoms with Gasteiger partial charge in [0, 0.05) is 12.6 Å². The normalized spacial score (nSPS) is 12.1. The van der Waals surface area contributed by atoms with Crippen LogP contribution in [0.2, 0.25) is 0 Å². The van der Waals surface area contributed by atoms with Gasteiger partial charge in [0.1, 0.15) is 0 Å². The van der Waals surface area contributed by atoms with Gasteiger partial charge in [0.15, 0.2) is 0 Å². The monoisotopic (exact) mass is 299 g/mol. The average molecular weight is 299 g/mol. The summed E-state index contributed by atoms with van der Waals surface area (Å²) in [6, 6.07) is 4.95. The van der Waals surface area contributed by atoms with Crippen molar-refractivity contribution in [3.05, 3.63) is 29.3 Å². The molecule has 6 heteroatoms. The summed E-state index contributed by atoms with van der Waals surface area (Å²) in [6.45, 7) is 7.02. The number of carboxylic acids is 1. The topological polar surface area (TPSA) is 74.7 Å². The second kappa shape index (κ2) is 6.37. The van der Waals surface area contributed by atoms with Crippen LogP contribution in [0, 0.1) is 13.8 Å². The molecule has 0 fully saturated rings. The maximum atomic E-state index is 12.7. The van der Waals surface area contributed by atoms with Crippen molar-refractivity contribution in [2.45, 2.75) is 45.1 Å². The second-order valence-electron chi connectivity index (χ2n) is 5.12. The predicted molar refractivity (Wildman–Crippen MR) is 77.2 cm³/mol. The van der Waals surface area contributed by atoms with Crippen molar-refractivity contribution in [3.8, 4) is 0 Å². The standard InChI is InChI=1S/C14H21NO4S/c1-10(2)15(8-7-14(16)17)20(18,19)13-9-11(3)5-6-12(13)4/h5-6,9-10H,7-8H2,1-4H3,(H,16,17). The number of hydrogen-bond donors (Lipinski definition) is 1. The average Bonchev–Trinajstić information content (AvgIpc) is 2.31. The number of nitrogens with zero attached hydrogens (tertiary/aromatic N) is 1. The first-order valence-corrected chi connectivity index (χ1v) is 7.91. The van der Waals surface area contributed by atoms with Crippen LogP contribution >= 0.6 is 0 Å². The van der Waals surface area contributed by atoms with Gasteiger partial charge in [-0.3, -0.25) is 4.79 Å². The van der Waals surface area contributed by atoms with E-state index in [0.717, 1.165) is 5.56 Å². The molecular formula is C14H21NO4S. The van der Waals surface area contributed by atoms with Gasteiger partial charge in [0.05, 0.1) is 11.3 Å². The molecule has 0 aliphatic heterocycles. The molecule has 0 spiro atoms. The van der Waals surface area contributed by atoms with Crippen molar-refractivity contribution in [3.63, 3.8) is 0 Å². The Morgan fingerprint density at radius 3 is 2.40 bits per heavy atom. The Morgan fingerprint density at radius 2 is 1.90 bits per heavy atom. The van der Waals surface area contributed by atoms with E-state index in [9.17, 15) is 13.2 Å². The zero-order valence-electron chi connectivity index (χ0n) is 12.3. The molecule has 0 atom stereocenters. The summed E-state index contributed by atoms with van der Waals surface area (Å²) in [5.74, 6) is -1.01. The van der Waals surface area contributed by atoms with Gasteiger partial charge in [-0.2, -0.15) is 4.31 Å².